The fraction of sp³-hybridized carbons (Fsp3) is 0.417. The normalized spacial score (nSPS) is 20.1. The zero-order valence-corrected chi connectivity index (χ0v) is 20.6. The van der Waals surface area contributed by atoms with Crippen molar-refractivity contribution in [2.75, 3.05) is 18.8 Å². The largest absolute Gasteiger partial charge is 0.414 e. The zero-order chi connectivity index (χ0) is 25.5. The van der Waals surface area contributed by atoms with Gasteiger partial charge in [-0.2, -0.15) is 11.8 Å². The van der Waals surface area contributed by atoms with Crippen LogP contribution in [0, 0.1) is 6.92 Å². The molecule has 2 aliphatic rings. The average molecular weight is 513 g/mol. The Morgan fingerprint density at radius 2 is 1.83 bits per heavy atom. The number of nitrogens with one attached hydrogen (secondary N) is 4. The number of rotatable bonds is 9. The smallest absolute Gasteiger partial charge is 0.376 e. The predicted octanol–water partition coefficient (Wildman–Crippen LogP) is 1.77. The minimum Gasteiger partial charge on any atom is -0.376 e. The van der Waals surface area contributed by atoms with Gasteiger partial charge >= 0.3 is 18.1 Å². The first-order valence-electron chi connectivity index (χ1n) is 11.7. The SMILES string of the molecule is Cc1ccnc(-c2cc(C(=O)NCCNC(=O)OC(=O)CCCC3SCC4NC(=O)NC43)ccn2)c1. The highest BCUT2D eigenvalue weighted by molar-refractivity contribution is 8.00. The van der Waals surface area contributed by atoms with Crippen molar-refractivity contribution in [2.45, 2.75) is 43.5 Å². The average Bonchev–Trinajstić information content (AvgIpc) is 3.41. The minimum atomic E-state index is -0.853. The second-order valence-electron chi connectivity index (χ2n) is 8.61. The van der Waals surface area contributed by atoms with Gasteiger partial charge in [-0.05, 0) is 49.6 Å². The lowest BCUT2D eigenvalue weighted by molar-refractivity contribution is -0.137. The number of alkyl carbamates (subject to hydrolysis) is 1. The highest BCUT2D eigenvalue weighted by Crippen LogP contribution is 2.33. The molecule has 12 heteroatoms. The monoisotopic (exact) mass is 512 g/mol. The maximum Gasteiger partial charge on any atom is 0.414 e. The molecule has 2 aliphatic heterocycles. The first-order chi connectivity index (χ1) is 17.4. The molecule has 190 valence electrons. The van der Waals surface area contributed by atoms with E-state index in [0.29, 0.717) is 23.4 Å². The predicted molar refractivity (Wildman–Crippen MR) is 133 cm³/mol. The van der Waals surface area contributed by atoms with E-state index in [1.54, 1.807) is 36.3 Å². The van der Waals surface area contributed by atoms with Gasteiger partial charge in [0, 0.05) is 48.5 Å². The molecule has 36 heavy (non-hydrogen) atoms. The summed E-state index contributed by atoms with van der Waals surface area (Å²) in [6.45, 7) is 2.21. The van der Waals surface area contributed by atoms with E-state index in [-0.39, 0.29) is 48.8 Å². The lowest BCUT2D eigenvalue weighted by Crippen LogP contribution is -2.37. The van der Waals surface area contributed by atoms with Gasteiger partial charge in [-0.25, -0.2) is 9.59 Å². The Hall–Kier alpha value is -3.67. The van der Waals surface area contributed by atoms with Crippen molar-refractivity contribution in [1.29, 1.82) is 0 Å². The number of ether oxygens (including phenoxy) is 1. The standard InChI is InChI=1S/C24H28N6O5S/c1-14-5-7-25-16(11-14)17-12-15(6-8-26-17)22(32)27-9-10-28-24(34)35-20(31)4-2-3-19-21-18(13-36-19)29-23(33)30-21/h5-8,11-12,18-19,21H,2-4,9-10,13H2,1H3,(H,27,32)(H,28,34)(H2,29,30,33). The summed E-state index contributed by atoms with van der Waals surface area (Å²) < 4.78 is 4.78. The van der Waals surface area contributed by atoms with Gasteiger partial charge in [0.2, 0.25) is 0 Å². The molecule has 0 bridgehead atoms. The van der Waals surface area contributed by atoms with Crippen LogP contribution in [0.3, 0.4) is 0 Å². The molecule has 3 atom stereocenters. The molecule has 0 aliphatic carbocycles. The van der Waals surface area contributed by atoms with Gasteiger partial charge in [0.05, 0.1) is 23.5 Å². The summed E-state index contributed by atoms with van der Waals surface area (Å²) in [6, 6.07) is 7.08. The van der Waals surface area contributed by atoms with Gasteiger partial charge in [0.25, 0.3) is 5.91 Å². The number of urea groups is 1. The summed E-state index contributed by atoms with van der Waals surface area (Å²) in [5, 5.41) is 11.2. The van der Waals surface area contributed by atoms with Crippen LogP contribution < -0.4 is 21.3 Å². The zero-order valence-electron chi connectivity index (χ0n) is 19.8. The number of fused-ring (bicyclic) bond motifs is 1. The van der Waals surface area contributed by atoms with Crippen molar-refractivity contribution >= 4 is 35.8 Å². The quantitative estimate of drug-likeness (QED) is 0.172. The third kappa shape index (κ3) is 6.72. The summed E-state index contributed by atoms with van der Waals surface area (Å²) in [4.78, 5) is 56.2. The van der Waals surface area contributed by atoms with Crippen LogP contribution in [0.1, 0.15) is 35.2 Å². The van der Waals surface area contributed by atoms with Crippen LogP contribution in [0.25, 0.3) is 11.4 Å². The van der Waals surface area contributed by atoms with Crippen molar-refractivity contribution in [2.24, 2.45) is 0 Å². The first kappa shape index (κ1) is 25.4. The summed E-state index contributed by atoms with van der Waals surface area (Å²) in [7, 11) is 0. The molecule has 4 heterocycles. The first-order valence-corrected chi connectivity index (χ1v) is 12.8. The van der Waals surface area contributed by atoms with E-state index in [0.717, 1.165) is 17.7 Å². The van der Waals surface area contributed by atoms with E-state index in [1.165, 1.54) is 0 Å². The number of hydrogen-bond donors (Lipinski definition) is 4. The molecule has 0 radical (unpaired) electrons. The molecular formula is C24H28N6O5S. The van der Waals surface area contributed by atoms with Crippen LogP contribution in [-0.4, -0.2) is 70.1 Å². The van der Waals surface area contributed by atoms with E-state index < -0.39 is 12.1 Å². The lowest BCUT2D eigenvalue weighted by Gasteiger charge is -2.16. The Morgan fingerprint density at radius 3 is 2.64 bits per heavy atom. The fourth-order valence-electron chi connectivity index (χ4n) is 4.11. The molecule has 11 nitrogen and oxygen atoms in total. The van der Waals surface area contributed by atoms with Crippen molar-refractivity contribution in [1.82, 2.24) is 31.2 Å². The fourth-order valence-corrected chi connectivity index (χ4v) is 5.66. The molecule has 4 rings (SSSR count). The van der Waals surface area contributed by atoms with Crippen molar-refractivity contribution < 1.29 is 23.9 Å². The molecule has 2 saturated heterocycles. The van der Waals surface area contributed by atoms with Gasteiger partial charge in [0.1, 0.15) is 0 Å². The van der Waals surface area contributed by atoms with Gasteiger partial charge < -0.3 is 26.0 Å². The summed E-state index contributed by atoms with van der Waals surface area (Å²) in [5.41, 5.74) is 2.71. The maximum atomic E-state index is 12.4. The lowest BCUT2D eigenvalue weighted by atomic mass is 10.0. The van der Waals surface area contributed by atoms with E-state index in [2.05, 4.69) is 31.2 Å². The third-order valence-corrected chi connectivity index (χ3v) is 7.40. The maximum absolute atomic E-state index is 12.4. The number of thioether (sulfide) groups is 1. The number of hydrogen-bond acceptors (Lipinski definition) is 8. The molecule has 4 N–H and O–H groups in total. The van der Waals surface area contributed by atoms with Crippen molar-refractivity contribution in [3.05, 3.63) is 47.8 Å². The van der Waals surface area contributed by atoms with Crippen LogP contribution in [-0.2, 0) is 9.53 Å². The number of carbonyl (C=O) groups excluding carboxylic acids is 4. The molecule has 0 spiro atoms. The second kappa shape index (κ2) is 11.8. The van der Waals surface area contributed by atoms with Crippen LogP contribution in [0.5, 0.6) is 0 Å². The van der Waals surface area contributed by atoms with Gasteiger partial charge in [-0.15, -0.1) is 0 Å². The highest BCUT2D eigenvalue weighted by atomic mass is 32.2. The summed E-state index contributed by atoms with van der Waals surface area (Å²) >= 11 is 1.77. The van der Waals surface area contributed by atoms with Gasteiger partial charge in [0.15, 0.2) is 0 Å². The number of esters is 1. The Morgan fingerprint density at radius 1 is 1.08 bits per heavy atom. The highest BCUT2D eigenvalue weighted by Gasteiger charge is 2.42. The van der Waals surface area contributed by atoms with Crippen LogP contribution in [0.15, 0.2) is 36.7 Å². The molecule has 0 saturated carbocycles. The second-order valence-corrected chi connectivity index (χ2v) is 9.88. The molecule has 2 fully saturated rings. The number of amides is 4. The van der Waals surface area contributed by atoms with E-state index in [9.17, 15) is 19.2 Å². The Balaban J connectivity index is 1.11. The van der Waals surface area contributed by atoms with Crippen molar-refractivity contribution in [3.8, 4) is 11.4 Å². The number of nitrogens with zero attached hydrogens (tertiary/aromatic N) is 2. The van der Waals surface area contributed by atoms with Gasteiger partial charge in [-0.1, -0.05) is 0 Å². The van der Waals surface area contributed by atoms with E-state index in [1.807, 2.05) is 19.1 Å². The number of aryl methyl sites for hydroxylation is 1. The molecule has 2 aromatic rings. The van der Waals surface area contributed by atoms with Crippen LogP contribution >= 0.6 is 11.8 Å². The van der Waals surface area contributed by atoms with Gasteiger partial charge in [-0.3, -0.25) is 19.6 Å². The molecule has 0 aromatic carbocycles. The topological polar surface area (TPSA) is 151 Å². The minimum absolute atomic E-state index is 0.0787. The Labute approximate surface area is 212 Å². The van der Waals surface area contributed by atoms with E-state index in [4.69, 9.17) is 4.74 Å². The number of carbonyl (C=O) groups is 4. The third-order valence-electron chi connectivity index (χ3n) is 5.89. The summed E-state index contributed by atoms with van der Waals surface area (Å²) in [5.74, 6) is -0.0825. The number of pyridine rings is 2. The summed E-state index contributed by atoms with van der Waals surface area (Å²) in [6.07, 6.45) is 3.79. The van der Waals surface area contributed by atoms with Crippen LogP contribution in [0.2, 0.25) is 0 Å². The Kier molecular flexibility index (Phi) is 8.36. The molecular weight excluding hydrogens is 484 g/mol. The number of aromatic nitrogens is 2. The molecule has 2 aromatic heterocycles. The van der Waals surface area contributed by atoms with Crippen LogP contribution in [0.4, 0.5) is 9.59 Å². The molecule has 3 unspecified atom stereocenters. The molecule has 4 amide bonds. The van der Waals surface area contributed by atoms with E-state index >= 15 is 0 Å². The van der Waals surface area contributed by atoms with Crippen molar-refractivity contribution in [3.63, 3.8) is 0 Å². The Bertz CT molecular complexity index is 1150.